The molecule has 148 valence electrons. The first-order chi connectivity index (χ1) is 11.0. The summed E-state index contributed by atoms with van der Waals surface area (Å²) in [5.74, 6) is 0. The van der Waals surface area contributed by atoms with Gasteiger partial charge in [0.25, 0.3) is 0 Å². The van der Waals surface area contributed by atoms with Crippen LogP contribution in [0.15, 0.2) is 0 Å². The summed E-state index contributed by atoms with van der Waals surface area (Å²) in [5.41, 5.74) is 0. The van der Waals surface area contributed by atoms with E-state index in [1.54, 1.807) is 0 Å². The Hall–Kier alpha value is 2.20. The molecule has 0 heterocycles. The molecule has 0 N–H and O–H groups in total. The van der Waals surface area contributed by atoms with E-state index in [9.17, 15) is 0 Å². The Bertz CT molecular complexity index is 117. The molecule has 0 nitrogen and oxygen atoms in total. The van der Waals surface area contributed by atoms with Gasteiger partial charge in [0.15, 0.2) is 0 Å². The molecule has 0 aliphatic heterocycles. The Morgan fingerprint density at radius 3 is 0.478 bits per heavy atom. The zero-order valence-corrected chi connectivity index (χ0v) is 22.5. The van der Waals surface area contributed by atoms with E-state index >= 15 is 0 Å². The van der Waals surface area contributed by atoms with Gasteiger partial charge in [-0.05, 0) is 55.5 Å². The van der Waals surface area contributed by atoms with Crippen molar-refractivity contribution in [2.75, 3.05) is 55.5 Å². The third kappa shape index (κ3) is 29.2. The van der Waals surface area contributed by atoms with Gasteiger partial charge in [-0.1, -0.05) is 62.3 Å². The van der Waals surface area contributed by atoms with Crippen LogP contribution in [0, 0.1) is 0 Å². The maximum absolute atomic E-state index is 4.53. The predicted molar refractivity (Wildman–Crippen MR) is 121 cm³/mol. The molecule has 0 aliphatic rings. The van der Waals surface area contributed by atoms with Gasteiger partial charge in [0.2, 0.25) is 0 Å². The van der Waals surface area contributed by atoms with Gasteiger partial charge in [-0.15, -0.1) is 23.8 Å². The molecule has 0 aromatic rings. The van der Waals surface area contributed by atoms with Crippen molar-refractivity contribution in [3.05, 3.63) is 0 Å². The van der Waals surface area contributed by atoms with E-state index in [0.717, 1.165) is 0 Å². The van der Waals surface area contributed by atoms with Crippen molar-refractivity contribution >= 4 is 33.5 Å². The van der Waals surface area contributed by atoms with E-state index in [1.807, 2.05) is 17.3 Å². The molecule has 0 atom stereocenters. The molecule has 0 aliphatic carbocycles. The summed E-state index contributed by atoms with van der Waals surface area (Å²) < 4.78 is 0. The molecule has 0 aromatic carbocycles. The minimum atomic E-state index is 0.446. The monoisotopic (exact) mass is 492 g/mol. The van der Waals surface area contributed by atoms with Crippen molar-refractivity contribution in [3.8, 4) is 0 Å². The summed E-state index contributed by atoms with van der Waals surface area (Å²) in [6.45, 7) is 20.6. The van der Waals surface area contributed by atoms with E-state index in [0.29, 0.717) is 23.8 Å². The average Bonchev–Trinajstić information content (AvgIpc) is 2.62. The quantitative estimate of drug-likeness (QED) is 0.224. The summed E-state index contributed by atoms with van der Waals surface area (Å²) in [5, 5.41) is 0. The molecule has 0 saturated heterocycles. The molecular weight excluding hydrogens is 447 g/mol. The van der Waals surface area contributed by atoms with Crippen LogP contribution < -0.4 is 0 Å². The molecule has 0 saturated carbocycles. The van der Waals surface area contributed by atoms with Gasteiger partial charge < -0.3 is 0 Å². The van der Waals surface area contributed by atoms with E-state index in [4.69, 9.17) is 0 Å². The van der Waals surface area contributed by atoms with Crippen LogP contribution in [0.25, 0.3) is 0 Å². The summed E-state index contributed by atoms with van der Waals surface area (Å²) in [6, 6.07) is 0. The van der Waals surface area contributed by atoms with E-state index in [2.05, 4.69) is 72.0 Å². The summed E-state index contributed by atoms with van der Waals surface area (Å²) in [7, 11) is 5.87. The van der Waals surface area contributed by atoms with Crippen LogP contribution in [-0.2, 0) is 17.3 Å². The summed E-state index contributed by atoms with van der Waals surface area (Å²) in [4.78, 5) is 0. The fraction of sp³-hybridized carbons (Fsp3) is 1.00. The van der Waals surface area contributed by atoms with Crippen molar-refractivity contribution in [1.82, 2.24) is 0 Å². The van der Waals surface area contributed by atoms with E-state index < -0.39 is 0 Å². The molecule has 0 bridgehead atoms. The first kappa shape index (κ1) is 32.8. The third-order valence-electron chi connectivity index (χ3n) is 4.02. The summed E-state index contributed by atoms with van der Waals surface area (Å²) >= 11 is 2.02. The number of halogens is 1. The van der Waals surface area contributed by atoms with Gasteiger partial charge in [0, 0.05) is 0 Å². The van der Waals surface area contributed by atoms with Crippen LogP contribution in [0.4, 0.5) is 0 Å². The summed E-state index contributed by atoms with van der Waals surface area (Å²) in [6.07, 6.45) is 12.8. The molecule has 23 heavy (non-hydrogen) atoms. The Kier molecular flexibility index (Phi) is 45.6. The first-order valence-electron chi connectivity index (χ1n) is 9.34. The fourth-order valence-electron chi connectivity index (χ4n) is 2.01. The van der Waals surface area contributed by atoms with Gasteiger partial charge in [0.05, 0.1) is 0 Å². The SMILES string of the molecule is CCP(CC)CC.CCP(CC)CC.CCP(CC)CC.[Cl][Rh]. The number of rotatable bonds is 9. The molecule has 0 unspecified atom stereocenters. The first-order valence-corrected chi connectivity index (χ1v) is 17.1. The van der Waals surface area contributed by atoms with Crippen LogP contribution in [0.1, 0.15) is 62.3 Å². The van der Waals surface area contributed by atoms with Gasteiger partial charge in [-0.25, -0.2) is 0 Å². The minimum absolute atomic E-state index is 0.446. The molecule has 0 radical (unpaired) electrons. The predicted octanol–water partition coefficient (Wildman–Crippen LogP) is 8.27. The van der Waals surface area contributed by atoms with Crippen LogP contribution in [0.5, 0.6) is 0 Å². The number of hydrogen-bond donors (Lipinski definition) is 0. The molecular formula is C18H45ClP3Rh. The Morgan fingerprint density at radius 2 is 0.478 bits per heavy atom. The molecule has 0 rings (SSSR count). The Labute approximate surface area is 168 Å². The molecule has 0 amide bonds. The fourth-order valence-corrected chi connectivity index (χ4v) is 6.04. The van der Waals surface area contributed by atoms with Gasteiger partial charge in [-0.3, -0.25) is 0 Å². The van der Waals surface area contributed by atoms with Gasteiger partial charge in [0.1, 0.15) is 0 Å². The standard InChI is InChI=1S/3C6H15P.ClH.Rh/c3*1-4-7(5-2)6-3;;/h3*4-6H2,1-3H3;1H;/q;;;;+1/p-1. The zero-order valence-electron chi connectivity index (χ0n) is 17.4. The van der Waals surface area contributed by atoms with Crippen LogP contribution >= 0.6 is 33.5 Å². The second kappa shape index (κ2) is 31.9. The molecule has 0 aromatic heterocycles. The maximum atomic E-state index is 4.53. The van der Waals surface area contributed by atoms with Crippen LogP contribution in [0.2, 0.25) is 0 Å². The molecule has 5 heteroatoms. The zero-order chi connectivity index (χ0) is 19.1. The van der Waals surface area contributed by atoms with Crippen LogP contribution in [-0.4, -0.2) is 55.5 Å². The normalized spacial score (nSPS) is 9.70. The van der Waals surface area contributed by atoms with Crippen molar-refractivity contribution in [2.45, 2.75) is 62.3 Å². The van der Waals surface area contributed by atoms with Crippen molar-refractivity contribution in [2.24, 2.45) is 0 Å². The van der Waals surface area contributed by atoms with Gasteiger partial charge >= 0.3 is 27.0 Å². The van der Waals surface area contributed by atoms with Crippen molar-refractivity contribution < 1.29 is 17.3 Å². The Morgan fingerprint density at radius 1 is 0.391 bits per heavy atom. The van der Waals surface area contributed by atoms with Crippen molar-refractivity contribution in [3.63, 3.8) is 0 Å². The second-order valence-electron chi connectivity index (χ2n) is 4.86. The van der Waals surface area contributed by atoms with Gasteiger partial charge in [-0.2, -0.15) is 0 Å². The molecule has 0 fully saturated rings. The topological polar surface area (TPSA) is 0 Å². The number of hydrogen-bond acceptors (Lipinski definition) is 0. The van der Waals surface area contributed by atoms with E-state index in [1.165, 1.54) is 55.5 Å². The Balaban J connectivity index is -0.000000111. The average molecular weight is 493 g/mol. The second-order valence-corrected chi connectivity index (χ2v) is 14.6. The van der Waals surface area contributed by atoms with E-state index in [-0.39, 0.29) is 0 Å². The third-order valence-corrected chi connectivity index (χ3v) is 12.1. The molecule has 0 spiro atoms. The van der Waals surface area contributed by atoms with Crippen molar-refractivity contribution in [1.29, 1.82) is 0 Å². The van der Waals surface area contributed by atoms with Crippen LogP contribution in [0.3, 0.4) is 0 Å².